The van der Waals surface area contributed by atoms with Crippen molar-refractivity contribution in [2.45, 2.75) is 18.3 Å². The van der Waals surface area contributed by atoms with Crippen molar-refractivity contribution in [2.24, 2.45) is 5.73 Å². The minimum absolute atomic E-state index is 0.0463. The minimum Gasteiger partial charge on any atom is -0.366 e. The third-order valence-corrected chi connectivity index (χ3v) is 4.97. The standard InChI is InChI=1S/C20H23N3O2/c21-18(24)15-6-8-16(9-7-15)19(25)23-14-20(10-12-22-13-11-20)17-4-2-1-3-5-17/h1-9,22H,10-14H2,(H2,21,24)(H,23,25). The van der Waals surface area contributed by atoms with Crippen LogP contribution in [0.2, 0.25) is 0 Å². The summed E-state index contributed by atoms with van der Waals surface area (Å²) in [6.45, 7) is 2.48. The molecule has 5 heteroatoms. The maximum absolute atomic E-state index is 12.5. The number of carbonyl (C=O) groups is 2. The Bertz CT molecular complexity index is 735. The summed E-state index contributed by atoms with van der Waals surface area (Å²) in [5, 5.41) is 6.46. The Kier molecular flexibility index (Phi) is 5.14. The first-order valence-electron chi connectivity index (χ1n) is 8.55. The molecule has 0 spiro atoms. The molecule has 5 nitrogen and oxygen atoms in total. The van der Waals surface area contributed by atoms with Gasteiger partial charge in [-0.05, 0) is 55.8 Å². The molecule has 2 amide bonds. The zero-order valence-corrected chi connectivity index (χ0v) is 14.1. The molecule has 2 aromatic rings. The van der Waals surface area contributed by atoms with Gasteiger partial charge in [0, 0.05) is 23.1 Å². The predicted molar refractivity (Wildman–Crippen MR) is 97.5 cm³/mol. The van der Waals surface area contributed by atoms with E-state index < -0.39 is 5.91 Å². The number of hydrogen-bond acceptors (Lipinski definition) is 3. The highest BCUT2D eigenvalue weighted by Crippen LogP contribution is 2.32. The van der Waals surface area contributed by atoms with E-state index in [-0.39, 0.29) is 11.3 Å². The summed E-state index contributed by atoms with van der Waals surface area (Å²) in [6.07, 6.45) is 1.97. The number of nitrogens with two attached hydrogens (primary N) is 1. The molecule has 0 aromatic heterocycles. The monoisotopic (exact) mass is 337 g/mol. The summed E-state index contributed by atoms with van der Waals surface area (Å²) in [5.74, 6) is -0.630. The molecule has 25 heavy (non-hydrogen) atoms. The molecule has 0 aliphatic carbocycles. The highest BCUT2D eigenvalue weighted by molar-refractivity contribution is 5.97. The van der Waals surface area contributed by atoms with Gasteiger partial charge in [0.05, 0.1) is 0 Å². The van der Waals surface area contributed by atoms with Crippen LogP contribution in [0.4, 0.5) is 0 Å². The zero-order chi connectivity index (χ0) is 17.7. The molecule has 0 unspecified atom stereocenters. The zero-order valence-electron chi connectivity index (χ0n) is 14.1. The number of primary amides is 1. The second-order valence-corrected chi connectivity index (χ2v) is 6.52. The van der Waals surface area contributed by atoms with Crippen molar-refractivity contribution < 1.29 is 9.59 Å². The van der Waals surface area contributed by atoms with Crippen LogP contribution in [0.3, 0.4) is 0 Å². The van der Waals surface area contributed by atoms with Crippen LogP contribution in [0.5, 0.6) is 0 Å². The van der Waals surface area contributed by atoms with Crippen LogP contribution in [0, 0.1) is 0 Å². The quantitative estimate of drug-likeness (QED) is 0.778. The van der Waals surface area contributed by atoms with Crippen molar-refractivity contribution in [1.29, 1.82) is 0 Å². The van der Waals surface area contributed by atoms with Crippen molar-refractivity contribution in [2.75, 3.05) is 19.6 Å². The van der Waals surface area contributed by atoms with Gasteiger partial charge in [-0.2, -0.15) is 0 Å². The lowest BCUT2D eigenvalue weighted by atomic mass is 9.73. The first-order chi connectivity index (χ1) is 12.1. The average molecular weight is 337 g/mol. The van der Waals surface area contributed by atoms with Gasteiger partial charge in [-0.15, -0.1) is 0 Å². The molecule has 1 aliphatic rings. The van der Waals surface area contributed by atoms with E-state index in [2.05, 4.69) is 22.8 Å². The van der Waals surface area contributed by atoms with E-state index in [1.165, 1.54) is 5.56 Å². The average Bonchev–Trinajstić information content (AvgIpc) is 2.67. The molecule has 4 N–H and O–H groups in total. The van der Waals surface area contributed by atoms with Crippen LogP contribution in [0.1, 0.15) is 39.1 Å². The fraction of sp³-hybridized carbons (Fsp3) is 0.300. The Labute approximate surface area is 147 Å². The van der Waals surface area contributed by atoms with Gasteiger partial charge in [0.1, 0.15) is 0 Å². The maximum Gasteiger partial charge on any atom is 0.251 e. The number of carbonyl (C=O) groups excluding carboxylic acids is 2. The van der Waals surface area contributed by atoms with Gasteiger partial charge in [-0.25, -0.2) is 0 Å². The second kappa shape index (κ2) is 7.49. The van der Waals surface area contributed by atoms with Crippen molar-refractivity contribution in [3.8, 4) is 0 Å². The summed E-state index contributed by atoms with van der Waals surface area (Å²) < 4.78 is 0. The van der Waals surface area contributed by atoms with Gasteiger partial charge >= 0.3 is 0 Å². The first-order valence-corrected chi connectivity index (χ1v) is 8.55. The molecule has 130 valence electrons. The number of benzene rings is 2. The molecule has 1 fully saturated rings. The summed E-state index contributed by atoms with van der Waals surface area (Å²) >= 11 is 0. The number of piperidine rings is 1. The van der Waals surface area contributed by atoms with Gasteiger partial charge in [-0.3, -0.25) is 9.59 Å². The summed E-state index contributed by atoms with van der Waals surface area (Å²) in [5.41, 5.74) is 7.38. The van der Waals surface area contributed by atoms with Gasteiger partial charge in [0.2, 0.25) is 5.91 Å². The number of amides is 2. The highest BCUT2D eigenvalue weighted by Gasteiger charge is 2.34. The first kappa shape index (κ1) is 17.2. The fourth-order valence-corrected chi connectivity index (χ4v) is 3.40. The molecule has 2 aromatic carbocycles. The topological polar surface area (TPSA) is 84.2 Å². The lowest BCUT2D eigenvalue weighted by Gasteiger charge is -2.38. The smallest absolute Gasteiger partial charge is 0.251 e. The summed E-state index contributed by atoms with van der Waals surface area (Å²) in [4.78, 5) is 23.6. The summed E-state index contributed by atoms with van der Waals surface area (Å²) in [6, 6.07) is 16.8. The van der Waals surface area contributed by atoms with Gasteiger partial charge < -0.3 is 16.4 Å². The van der Waals surface area contributed by atoms with E-state index in [0.29, 0.717) is 17.7 Å². The van der Waals surface area contributed by atoms with Crippen LogP contribution in [-0.4, -0.2) is 31.4 Å². The van der Waals surface area contributed by atoms with Crippen molar-refractivity contribution in [1.82, 2.24) is 10.6 Å². The molecule has 0 radical (unpaired) electrons. The molecular formula is C20H23N3O2. The third-order valence-electron chi connectivity index (χ3n) is 4.97. The lowest BCUT2D eigenvalue weighted by molar-refractivity contribution is 0.0935. The third kappa shape index (κ3) is 3.88. The normalized spacial score (nSPS) is 16.2. The minimum atomic E-state index is -0.496. The second-order valence-electron chi connectivity index (χ2n) is 6.52. The highest BCUT2D eigenvalue weighted by atomic mass is 16.2. The number of hydrogen-bond donors (Lipinski definition) is 3. The van der Waals surface area contributed by atoms with E-state index in [1.54, 1.807) is 24.3 Å². The lowest BCUT2D eigenvalue weighted by Crippen LogP contribution is -2.47. The van der Waals surface area contributed by atoms with Crippen molar-refractivity contribution in [3.63, 3.8) is 0 Å². The molecule has 0 bridgehead atoms. The van der Waals surface area contributed by atoms with E-state index >= 15 is 0 Å². The Morgan fingerprint density at radius 2 is 1.56 bits per heavy atom. The van der Waals surface area contributed by atoms with E-state index in [0.717, 1.165) is 25.9 Å². The Morgan fingerprint density at radius 1 is 0.960 bits per heavy atom. The number of nitrogens with one attached hydrogen (secondary N) is 2. The number of rotatable bonds is 5. The van der Waals surface area contributed by atoms with Crippen molar-refractivity contribution >= 4 is 11.8 Å². The molecule has 1 heterocycles. The van der Waals surface area contributed by atoms with Crippen LogP contribution in [0.15, 0.2) is 54.6 Å². The largest absolute Gasteiger partial charge is 0.366 e. The molecular weight excluding hydrogens is 314 g/mol. The Morgan fingerprint density at radius 3 is 2.16 bits per heavy atom. The van der Waals surface area contributed by atoms with Gasteiger partial charge in [0.15, 0.2) is 0 Å². The van der Waals surface area contributed by atoms with Gasteiger partial charge in [0.25, 0.3) is 5.91 Å². The van der Waals surface area contributed by atoms with Crippen molar-refractivity contribution in [3.05, 3.63) is 71.3 Å². The van der Waals surface area contributed by atoms with Gasteiger partial charge in [-0.1, -0.05) is 30.3 Å². The van der Waals surface area contributed by atoms with E-state index in [1.807, 2.05) is 18.2 Å². The van der Waals surface area contributed by atoms with Crippen LogP contribution >= 0.6 is 0 Å². The molecule has 3 rings (SSSR count). The molecule has 1 aliphatic heterocycles. The molecule has 0 saturated carbocycles. The SMILES string of the molecule is NC(=O)c1ccc(C(=O)NCC2(c3ccccc3)CCNCC2)cc1. The fourth-order valence-electron chi connectivity index (χ4n) is 3.40. The predicted octanol–water partition coefficient (Wildman–Crippen LogP) is 1.84. The molecule has 0 atom stereocenters. The van der Waals surface area contributed by atoms with E-state index in [4.69, 9.17) is 5.73 Å². The molecule has 1 saturated heterocycles. The van der Waals surface area contributed by atoms with Crippen LogP contribution < -0.4 is 16.4 Å². The maximum atomic E-state index is 12.5. The Balaban J connectivity index is 1.72. The van der Waals surface area contributed by atoms with Crippen LogP contribution in [-0.2, 0) is 5.41 Å². The van der Waals surface area contributed by atoms with E-state index in [9.17, 15) is 9.59 Å². The van der Waals surface area contributed by atoms with Crippen LogP contribution in [0.25, 0.3) is 0 Å². The summed E-state index contributed by atoms with van der Waals surface area (Å²) in [7, 11) is 0. The Hall–Kier alpha value is -2.66.